The van der Waals surface area contributed by atoms with Gasteiger partial charge in [-0.15, -0.1) is 11.3 Å². The van der Waals surface area contributed by atoms with Crippen LogP contribution in [0.15, 0.2) is 41.8 Å². The third-order valence-electron chi connectivity index (χ3n) is 5.83. The van der Waals surface area contributed by atoms with Gasteiger partial charge >= 0.3 is 0 Å². The van der Waals surface area contributed by atoms with Crippen LogP contribution in [0, 0.1) is 0 Å². The van der Waals surface area contributed by atoms with Crippen LogP contribution in [0.25, 0.3) is 21.6 Å². The number of carbonyl (C=O) groups excluding carboxylic acids is 1. The predicted molar refractivity (Wildman–Crippen MR) is 114 cm³/mol. The van der Waals surface area contributed by atoms with Crippen LogP contribution in [0.5, 0.6) is 0 Å². The van der Waals surface area contributed by atoms with E-state index in [1.807, 2.05) is 17.0 Å². The molecule has 0 spiro atoms. The normalized spacial score (nSPS) is 20.3. The lowest BCUT2D eigenvalue weighted by atomic mass is 10.0. The minimum atomic E-state index is 0.303. The van der Waals surface area contributed by atoms with E-state index in [0.717, 1.165) is 66.3 Å². The Morgan fingerprint density at radius 1 is 1.04 bits per heavy atom. The van der Waals surface area contributed by atoms with Gasteiger partial charge in [0.15, 0.2) is 5.82 Å². The van der Waals surface area contributed by atoms with Crippen molar-refractivity contribution in [3.05, 3.63) is 41.8 Å². The van der Waals surface area contributed by atoms with Crippen molar-refractivity contribution in [1.29, 1.82) is 0 Å². The molecule has 2 aliphatic heterocycles. The highest BCUT2D eigenvalue weighted by atomic mass is 32.1. The molecule has 5 rings (SSSR count). The van der Waals surface area contributed by atoms with Crippen LogP contribution in [0.2, 0.25) is 0 Å². The molecule has 1 amide bonds. The van der Waals surface area contributed by atoms with E-state index in [0.29, 0.717) is 18.4 Å². The quantitative estimate of drug-likeness (QED) is 0.663. The first-order valence-corrected chi connectivity index (χ1v) is 11.0. The Morgan fingerprint density at radius 3 is 2.79 bits per heavy atom. The lowest BCUT2D eigenvalue weighted by Crippen LogP contribution is -2.47. The first kappa shape index (κ1) is 17.6. The van der Waals surface area contributed by atoms with Crippen LogP contribution in [0.3, 0.4) is 0 Å². The fourth-order valence-electron chi connectivity index (χ4n) is 4.42. The summed E-state index contributed by atoms with van der Waals surface area (Å²) < 4.78 is 0. The molecule has 0 bridgehead atoms. The topological polar surface area (TPSA) is 49.3 Å². The third kappa shape index (κ3) is 3.26. The van der Waals surface area contributed by atoms with Gasteiger partial charge in [-0.25, -0.2) is 9.97 Å². The summed E-state index contributed by atoms with van der Waals surface area (Å²) in [6.45, 7) is 2.69. The molecule has 0 unspecified atom stereocenters. The molecular formula is C22H24N4OS. The van der Waals surface area contributed by atoms with Gasteiger partial charge in [0.1, 0.15) is 5.82 Å². The molecule has 6 heteroatoms. The molecule has 144 valence electrons. The molecule has 28 heavy (non-hydrogen) atoms. The third-order valence-corrected chi connectivity index (χ3v) is 6.69. The lowest BCUT2D eigenvalue weighted by molar-refractivity contribution is -0.127. The van der Waals surface area contributed by atoms with Crippen molar-refractivity contribution in [3.63, 3.8) is 0 Å². The summed E-state index contributed by atoms with van der Waals surface area (Å²) in [7, 11) is 0. The molecule has 0 N–H and O–H groups in total. The Labute approximate surface area is 169 Å². The molecule has 2 fully saturated rings. The zero-order valence-corrected chi connectivity index (χ0v) is 16.7. The highest BCUT2D eigenvalue weighted by molar-refractivity contribution is 7.13. The molecule has 0 saturated carbocycles. The first-order chi connectivity index (χ1) is 13.8. The van der Waals surface area contributed by atoms with E-state index in [1.54, 1.807) is 11.3 Å². The van der Waals surface area contributed by atoms with Crippen LogP contribution >= 0.6 is 11.3 Å². The lowest BCUT2D eigenvalue weighted by Gasteiger charge is -2.39. The number of rotatable bonds is 4. The van der Waals surface area contributed by atoms with E-state index in [9.17, 15) is 4.79 Å². The average molecular weight is 393 g/mol. The first-order valence-electron chi connectivity index (χ1n) is 10.1. The van der Waals surface area contributed by atoms with Gasteiger partial charge in [0, 0.05) is 37.5 Å². The number of carbonyl (C=O) groups is 1. The van der Waals surface area contributed by atoms with Crippen molar-refractivity contribution in [3.8, 4) is 10.7 Å². The summed E-state index contributed by atoms with van der Waals surface area (Å²) in [5, 5.41) is 3.17. The van der Waals surface area contributed by atoms with Crippen LogP contribution in [-0.4, -0.2) is 46.5 Å². The summed E-state index contributed by atoms with van der Waals surface area (Å²) >= 11 is 1.67. The molecule has 3 aromatic rings. The van der Waals surface area contributed by atoms with E-state index >= 15 is 0 Å². The number of nitrogens with zero attached hydrogens (tertiary/aromatic N) is 4. The standard InChI is InChI=1S/C22H24N4OS/c27-20-11-5-12-25(20)15-16-7-3-4-13-26(16)22-17-8-1-2-9-18(17)23-21(24-22)19-10-6-14-28-19/h1-2,6,8-10,14,16H,3-5,7,11-13,15H2/t16-/m0/s1. The Morgan fingerprint density at radius 2 is 1.96 bits per heavy atom. The highest BCUT2D eigenvalue weighted by Gasteiger charge is 2.30. The summed E-state index contributed by atoms with van der Waals surface area (Å²) in [5.41, 5.74) is 0.984. The zero-order chi connectivity index (χ0) is 18.9. The maximum atomic E-state index is 12.2. The number of fused-ring (bicyclic) bond motifs is 1. The fourth-order valence-corrected chi connectivity index (χ4v) is 5.07. The molecule has 2 aromatic heterocycles. The molecule has 1 atom stereocenters. The smallest absolute Gasteiger partial charge is 0.222 e. The Balaban J connectivity index is 1.56. The minimum Gasteiger partial charge on any atom is -0.351 e. The summed E-state index contributed by atoms with van der Waals surface area (Å²) in [6, 6.07) is 12.7. The van der Waals surface area contributed by atoms with Gasteiger partial charge in [-0.1, -0.05) is 18.2 Å². The summed E-state index contributed by atoms with van der Waals surface area (Å²) in [5.74, 6) is 2.12. The second-order valence-corrected chi connectivity index (χ2v) is 8.60. The average Bonchev–Trinajstić information content (AvgIpc) is 3.40. The highest BCUT2D eigenvalue weighted by Crippen LogP contribution is 2.33. The zero-order valence-electron chi connectivity index (χ0n) is 15.9. The molecule has 5 nitrogen and oxygen atoms in total. The van der Waals surface area contributed by atoms with Gasteiger partial charge in [-0.05, 0) is 49.3 Å². The van der Waals surface area contributed by atoms with Crippen molar-refractivity contribution in [1.82, 2.24) is 14.9 Å². The molecule has 0 radical (unpaired) electrons. The molecule has 4 heterocycles. The monoisotopic (exact) mass is 392 g/mol. The fraction of sp³-hybridized carbons (Fsp3) is 0.409. The van der Waals surface area contributed by atoms with Crippen molar-refractivity contribution in [2.24, 2.45) is 0 Å². The summed E-state index contributed by atoms with van der Waals surface area (Å²) in [4.78, 5) is 27.6. The van der Waals surface area contributed by atoms with Gasteiger partial charge in [-0.3, -0.25) is 4.79 Å². The van der Waals surface area contributed by atoms with E-state index in [2.05, 4.69) is 34.5 Å². The second-order valence-electron chi connectivity index (χ2n) is 7.65. The SMILES string of the molecule is O=C1CCCN1C[C@@H]1CCCCN1c1nc(-c2cccs2)nc2ccccc12. The number of thiophene rings is 1. The van der Waals surface area contributed by atoms with Gasteiger partial charge in [0.2, 0.25) is 5.91 Å². The number of benzene rings is 1. The van der Waals surface area contributed by atoms with Gasteiger partial charge in [0.25, 0.3) is 0 Å². The maximum absolute atomic E-state index is 12.2. The number of para-hydroxylation sites is 1. The Bertz CT molecular complexity index is 987. The molecule has 2 saturated heterocycles. The molecule has 2 aliphatic rings. The largest absolute Gasteiger partial charge is 0.351 e. The number of hydrogen-bond acceptors (Lipinski definition) is 5. The van der Waals surface area contributed by atoms with E-state index in [1.165, 1.54) is 6.42 Å². The molecular weight excluding hydrogens is 368 g/mol. The van der Waals surface area contributed by atoms with Crippen LogP contribution < -0.4 is 4.90 Å². The number of anilines is 1. The van der Waals surface area contributed by atoms with E-state index in [-0.39, 0.29) is 0 Å². The van der Waals surface area contributed by atoms with E-state index < -0.39 is 0 Å². The van der Waals surface area contributed by atoms with Gasteiger partial charge < -0.3 is 9.80 Å². The Hall–Kier alpha value is -2.47. The van der Waals surface area contributed by atoms with Gasteiger partial charge in [0.05, 0.1) is 10.4 Å². The summed E-state index contributed by atoms with van der Waals surface area (Å²) in [6.07, 6.45) is 5.17. The van der Waals surface area contributed by atoms with Gasteiger partial charge in [-0.2, -0.15) is 0 Å². The van der Waals surface area contributed by atoms with Crippen LogP contribution in [0.4, 0.5) is 5.82 Å². The van der Waals surface area contributed by atoms with Crippen molar-refractivity contribution >= 4 is 34.0 Å². The van der Waals surface area contributed by atoms with Crippen molar-refractivity contribution < 1.29 is 4.79 Å². The van der Waals surface area contributed by atoms with Crippen LogP contribution in [0.1, 0.15) is 32.1 Å². The maximum Gasteiger partial charge on any atom is 0.222 e. The van der Waals surface area contributed by atoms with Crippen molar-refractivity contribution in [2.45, 2.75) is 38.1 Å². The molecule has 1 aromatic carbocycles. The number of hydrogen-bond donors (Lipinski definition) is 0. The number of piperidine rings is 1. The Kier molecular flexibility index (Phi) is 4.72. The second kappa shape index (κ2) is 7.51. The van der Waals surface area contributed by atoms with E-state index in [4.69, 9.17) is 9.97 Å². The predicted octanol–water partition coefficient (Wildman–Crippen LogP) is 4.34. The van der Waals surface area contributed by atoms with Crippen LogP contribution in [-0.2, 0) is 4.79 Å². The number of aromatic nitrogens is 2. The minimum absolute atomic E-state index is 0.303. The number of amides is 1. The number of likely N-dealkylation sites (tertiary alicyclic amines) is 1. The van der Waals surface area contributed by atoms with Crippen molar-refractivity contribution in [2.75, 3.05) is 24.5 Å². The molecule has 0 aliphatic carbocycles.